The van der Waals surface area contributed by atoms with Crippen LogP contribution in [0, 0.1) is 52.3 Å². The summed E-state index contributed by atoms with van der Waals surface area (Å²) in [5, 5.41) is 0. The molecule has 0 amide bonds. The zero-order valence-electron chi connectivity index (χ0n) is 25.4. The molecule has 0 aliphatic heterocycles. The minimum absolute atomic E-state index is 0.222. The largest absolute Gasteiger partial charge is 0.466 e. The Hall–Kier alpha value is -1.05. The van der Waals surface area contributed by atoms with Crippen LogP contribution in [0.15, 0.2) is 23.3 Å². The molecule has 3 saturated carbocycles. The van der Waals surface area contributed by atoms with Gasteiger partial charge < -0.3 is 4.74 Å². The van der Waals surface area contributed by atoms with Crippen LogP contribution in [-0.2, 0) is 9.53 Å². The SMILES string of the molecule is CCCCC1=C(/C=C/C(=O)OC)CC2CC[C@H]3[C@@H]4CC[C@H]([C@H](C)CCCC(C)C)[C@@]4(C)CC[C@@H]3[C@@]2(C)C1. The van der Waals surface area contributed by atoms with Crippen LogP contribution in [0.25, 0.3) is 0 Å². The lowest BCUT2D eigenvalue weighted by Gasteiger charge is -2.61. The van der Waals surface area contributed by atoms with Gasteiger partial charge in [0.05, 0.1) is 7.11 Å². The summed E-state index contributed by atoms with van der Waals surface area (Å²) in [7, 11) is 1.48. The molecule has 4 aliphatic carbocycles. The standard InChI is InChI=1S/C35H58O2/c1-8-9-13-27-23-35(6)28(22-26(27)14-19-33(36)37-7)15-16-29-31-18-17-30(25(4)12-10-11-24(2)3)34(31,5)21-20-32(29)35/h14,19,24-25,28-32H,8-13,15-18,20-23H2,1-7H3/b19-14+/t25-,28?,29+,30-,31+,32+,34-,35+/m1/s1. The van der Waals surface area contributed by atoms with E-state index in [2.05, 4.69) is 47.6 Å². The molecule has 0 radical (unpaired) electrons. The summed E-state index contributed by atoms with van der Waals surface area (Å²) in [5.74, 6) is 6.00. The number of carbonyl (C=O) groups is 1. The third kappa shape index (κ3) is 5.79. The Morgan fingerprint density at radius 2 is 1.76 bits per heavy atom. The quantitative estimate of drug-likeness (QED) is 0.216. The number of hydrogen-bond donors (Lipinski definition) is 0. The van der Waals surface area contributed by atoms with Crippen molar-refractivity contribution in [1.29, 1.82) is 0 Å². The molecule has 0 saturated heterocycles. The van der Waals surface area contributed by atoms with Gasteiger partial charge in [0.1, 0.15) is 0 Å². The summed E-state index contributed by atoms with van der Waals surface area (Å²) in [6.07, 6.45) is 22.9. The Bertz CT molecular complexity index is 851. The normalized spacial score (nSPS) is 38.4. The van der Waals surface area contributed by atoms with Gasteiger partial charge in [0, 0.05) is 6.08 Å². The lowest BCUT2D eigenvalue weighted by atomic mass is 9.44. The first-order chi connectivity index (χ1) is 17.6. The van der Waals surface area contributed by atoms with E-state index in [0.717, 1.165) is 41.4 Å². The van der Waals surface area contributed by atoms with Crippen molar-refractivity contribution in [3.8, 4) is 0 Å². The summed E-state index contributed by atoms with van der Waals surface area (Å²) in [4.78, 5) is 11.9. The van der Waals surface area contributed by atoms with Crippen LogP contribution in [0.3, 0.4) is 0 Å². The molecular weight excluding hydrogens is 452 g/mol. The van der Waals surface area contributed by atoms with Crippen molar-refractivity contribution in [2.45, 2.75) is 131 Å². The molecule has 0 bridgehead atoms. The highest BCUT2D eigenvalue weighted by molar-refractivity contribution is 5.82. The van der Waals surface area contributed by atoms with Gasteiger partial charge >= 0.3 is 5.97 Å². The van der Waals surface area contributed by atoms with Crippen LogP contribution in [0.2, 0.25) is 0 Å². The molecule has 0 N–H and O–H groups in total. The molecule has 3 fully saturated rings. The second-order valence-electron chi connectivity index (χ2n) is 14.7. The molecule has 0 heterocycles. The van der Waals surface area contributed by atoms with Gasteiger partial charge in [0.25, 0.3) is 0 Å². The van der Waals surface area contributed by atoms with Gasteiger partial charge in [0.15, 0.2) is 0 Å². The maximum atomic E-state index is 11.9. The van der Waals surface area contributed by atoms with Crippen LogP contribution in [0.4, 0.5) is 0 Å². The molecule has 0 aromatic carbocycles. The minimum atomic E-state index is -0.222. The molecule has 0 spiro atoms. The second kappa shape index (κ2) is 12.0. The smallest absolute Gasteiger partial charge is 0.330 e. The van der Waals surface area contributed by atoms with Crippen molar-refractivity contribution in [3.63, 3.8) is 0 Å². The molecular formula is C35H58O2. The van der Waals surface area contributed by atoms with Crippen molar-refractivity contribution >= 4 is 5.97 Å². The van der Waals surface area contributed by atoms with Crippen LogP contribution in [-0.4, -0.2) is 13.1 Å². The van der Waals surface area contributed by atoms with E-state index in [-0.39, 0.29) is 5.97 Å². The number of unbranched alkanes of at least 4 members (excludes halogenated alkanes) is 1. The number of fused-ring (bicyclic) bond motifs is 5. The zero-order chi connectivity index (χ0) is 26.8. The fourth-order valence-electron chi connectivity index (χ4n) is 10.2. The number of ether oxygens (including phenoxy) is 1. The van der Waals surface area contributed by atoms with Crippen LogP contribution < -0.4 is 0 Å². The summed E-state index contributed by atoms with van der Waals surface area (Å²) in [6, 6.07) is 0. The molecule has 4 rings (SSSR count). The molecule has 4 aliphatic rings. The van der Waals surface area contributed by atoms with E-state index < -0.39 is 0 Å². The van der Waals surface area contributed by atoms with E-state index in [0.29, 0.717) is 10.8 Å². The second-order valence-corrected chi connectivity index (χ2v) is 14.7. The topological polar surface area (TPSA) is 26.3 Å². The highest BCUT2D eigenvalue weighted by Crippen LogP contribution is 2.69. The van der Waals surface area contributed by atoms with Crippen molar-refractivity contribution in [2.75, 3.05) is 7.11 Å². The fraction of sp³-hybridized carbons (Fsp3) is 0.857. The van der Waals surface area contributed by atoms with E-state index in [1.165, 1.54) is 103 Å². The average molecular weight is 511 g/mol. The van der Waals surface area contributed by atoms with Crippen molar-refractivity contribution < 1.29 is 9.53 Å². The Morgan fingerprint density at radius 1 is 1.00 bits per heavy atom. The van der Waals surface area contributed by atoms with Crippen LogP contribution in [0.1, 0.15) is 131 Å². The van der Waals surface area contributed by atoms with E-state index in [1.807, 2.05) is 0 Å². The number of esters is 1. The predicted octanol–water partition coefficient (Wildman–Crippen LogP) is 9.93. The zero-order valence-corrected chi connectivity index (χ0v) is 25.4. The first-order valence-corrected chi connectivity index (χ1v) is 16.1. The van der Waals surface area contributed by atoms with Crippen molar-refractivity contribution in [2.24, 2.45) is 52.3 Å². The Kier molecular flexibility index (Phi) is 9.38. The lowest BCUT2D eigenvalue weighted by Crippen LogP contribution is -2.53. The van der Waals surface area contributed by atoms with Gasteiger partial charge in [-0.3, -0.25) is 0 Å². The number of methoxy groups -OCH3 is 1. The number of rotatable bonds is 10. The van der Waals surface area contributed by atoms with Gasteiger partial charge in [0.2, 0.25) is 0 Å². The van der Waals surface area contributed by atoms with Gasteiger partial charge in [-0.25, -0.2) is 4.79 Å². The van der Waals surface area contributed by atoms with Crippen molar-refractivity contribution in [1.82, 2.24) is 0 Å². The lowest BCUT2D eigenvalue weighted by molar-refractivity contribution is -0.134. The number of allylic oxidation sites excluding steroid dienone is 3. The minimum Gasteiger partial charge on any atom is -0.466 e. The molecule has 2 nitrogen and oxygen atoms in total. The highest BCUT2D eigenvalue weighted by atomic mass is 16.5. The number of hydrogen-bond acceptors (Lipinski definition) is 2. The molecule has 0 aromatic rings. The van der Waals surface area contributed by atoms with E-state index in [1.54, 1.807) is 11.6 Å². The average Bonchev–Trinajstić information content (AvgIpc) is 3.22. The van der Waals surface area contributed by atoms with E-state index >= 15 is 0 Å². The molecule has 37 heavy (non-hydrogen) atoms. The molecule has 210 valence electrons. The Morgan fingerprint density at radius 3 is 2.46 bits per heavy atom. The van der Waals surface area contributed by atoms with Crippen LogP contribution in [0.5, 0.6) is 0 Å². The van der Waals surface area contributed by atoms with E-state index in [9.17, 15) is 4.79 Å². The predicted molar refractivity (Wildman–Crippen MR) is 156 cm³/mol. The Balaban J connectivity index is 1.52. The number of carbonyl (C=O) groups excluding carboxylic acids is 1. The molecule has 1 unspecified atom stereocenters. The maximum absolute atomic E-state index is 11.9. The highest BCUT2D eigenvalue weighted by Gasteiger charge is 2.60. The van der Waals surface area contributed by atoms with Gasteiger partial charge in [-0.1, -0.05) is 78.9 Å². The first-order valence-electron chi connectivity index (χ1n) is 16.1. The molecule has 8 atom stereocenters. The summed E-state index contributed by atoms with van der Waals surface area (Å²) in [5.41, 5.74) is 4.12. The third-order valence-corrected chi connectivity index (χ3v) is 12.2. The monoisotopic (exact) mass is 510 g/mol. The van der Waals surface area contributed by atoms with Gasteiger partial charge in [-0.15, -0.1) is 0 Å². The van der Waals surface area contributed by atoms with Crippen molar-refractivity contribution in [3.05, 3.63) is 23.3 Å². The molecule has 2 heteroatoms. The van der Waals surface area contributed by atoms with Gasteiger partial charge in [-0.05, 0) is 122 Å². The van der Waals surface area contributed by atoms with Gasteiger partial charge in [-0.2, -0.15) is 0 Å². The van der Waals surface area contributed by atoms with Crippen LogP contribution >= 0.6 is 0 Å². The summed E-state index contributed by atoms with van der Waals surface area (Å²) >= 11 is 0. The molecule has 0 aromatic heterocycles. The fourth-order valence-corrected chi connectivity index (χ4v) is 10.2. The Labute approximate surface area is 229 Å². The van der Waals surface area contributed by atoms with E-state index in [4.69, 9.17) is 4.74 Å². The summed E-state index contributed by atoms with van der Waals surface area (Å²) < 4.78 is 4.91. The maximum Gasteiger partial charge on any atom is 0.330 e. The summed E-state index contributed by atoms with van der Waals surface area (Å²) in [6.45, 7) is 15.1. The first kappa shape index (κ1) is 28.9. The third-order valence-electron chi connectivity index (χ3n) is 12.2.